The van der Waals surface area contributed by atoms with E-state index in [0.717, 1.165) is 5.56 Å². The zero-order chi connectivity index (χ0) is 24.1. The number of alkyl carbamates (subject to hydrolysis) is 2. The molecule has 0 radical (unpaired) electrons. The molecule has 2 rings (SSSR count). The minimum Gasteiger partial charge on any atom is -0.445 e. The number of hydrogen-bond donors (Lipinski definition) is 2. The highest BCUT2D eigenvalue weighted by Crippen LogP contribution is 2.14. The van der Waals surface area contributed by atoms with Gasteiger partial charge in [0.25, 0.3) is 11.8 Å². The summed E-state index contributed by atoms with van der Waals surface area (Å²) in [6.07, 6.45) is 0.813. The normalized spacial score (nSPS) is 13.8. The first kappa shape index (κ1) is 25.4. The smallest absolute Gasteiger partial charge is 0.408 e. The molecule has 178 valence electrons. The molecule has 0 unspecified atom stereocenters. The van der Waals surface area contributed by atoms with Gasteiger partial charge in [-0.15, -0.1) is 5.06 Å². The van der Waals surface area contributed by atoms with Crippen molar-refractivity contribution in [3.8, 4) is 0 Å². The van der Waals surface area contributed by atoms with E-state index in [1.54, 1.807) is 0 Å². The number of imide groups is 1. The van der Waals surface area contributed by atoms with Crippen molar-refractivity contribution in [2.75, 3.05) is 13.2 Å². The largest absolute Gasteiger partial charge is 0.445 e. The topological polar surface area (TPSA) is 140 Å². The highest BCUT2D eigenvalue weighted by Gasteiger charge is 2.35. The molecule has 1 atom stereocenters. The van der Waals surface area contributed by atoms with Gasteiger partial charge < -0.3 is 24.9 Å². The van der Waals surface area contributed by atoms with Gasteiger partial charge in [-0.3, -0.25) is 9.59 Å². The molecule has 1 aromatic carbocycles. The van der Waals surface area contributed by atoms with Gasteiger partial charge in [-0.05, 0) is 24.8 Å². The molecule has 0 saturated carbocycles. The first-order chi connectivity index (χ1) is 15.9. The zero-order valence-corrected chi connectivity index (χ0v) is 18.1. The van der Waals surface area contributed by atoms with Crippen LogP contribution in [0.1, 0.15) is 37.7 Å². The SMILES string of the molecule is C=CCOC(=O)N[C@@H](CCCCNC(=O)OCc1ccccc1)C(=O)ON1C(=O)CCC1=O. The molecule has 1 aliphatic heterocycles. The average molecular weight is 461 g/mol. The molecule has 11 heteroatoms. The molecular formula is C22H27N3O8. The zero-order valence-electron chi connectivity index (χ0n) is 18.1. The Labute approximate surface area is 191 Å². The third-order valence-corrected chi connectivity index (χ3v) is 4.50. The predicted molar refractivity (Wildman–Crippen MR) is 114 cm³/mol. The Morgan fingerprint density at radius 1 is 1.03 bits per heavy atom. The lowest BCUT2D eigenvalue weighted by Crippen LogP contribution is -2.45. The molecule has 1 heterocycles. The number of ether oxygens (including phenoxy) is 2. The van der Waals surface area contributed by atoms with Crippen LogP contribution >= 0.6 is 0 Å². The lowest BCUT2D eigenvalue weighted by atomic mass is 10.1. The van der Waals surface area contributed by atoms with Crippen molar-refractivity contribution in [2.24, 2.45) is 0 Å². The number of nitrogens with zero attached hydrogens (tertiary/aromatic N) is 1. The molecule has 1 saturated heterocycles. The molecule has 0 spiro atoms. The Morgan fingerprint density at radius 3 is 2.39 bits per heavy atom. The highest BCUT2D eigenvalue weighted by molar-refractivity contribution is 6.01. The molecule has 1 aliphatic rings. The quantitative estimate of drug-likeness (QED) is 0.273. The maximum absolute atomic E-state index is 12.4. The summed E-state index contributed by atoms with van der Waals surface area (Å²) < 4.78 is 9.91. The van der Waals surface area contributed by atoms with Gasteiger partial charge in [-0.1, -0.05) is 43.0 Å². The molecule has 11 nitrogen and oxygen atoms in total. The van der Waals surface area contributed by atoms with E-state index in [9.17, 15) is 24.0 Å². The first-order valence-electron chi connectivity index (χ1n) is 10.5. The summed E-state index contributed by atoms with van der Waals surface area (Å²) in [6, 6.07) is 8.06. The Hall–Kier alpha value is -3.89. The van der Waals surface area contributed by atoms with Crippen LogP contribution < -0.4 is 10.6 Å². The van der Waals surface area contributed by atoms with E-state index in [0.29, 0.717) is 17.9 Å². The molecule has 1 fully saturated rings. The summed E-state index contributed by atoms with van der Waals surface area (Å²) in [5.74, 6) is -2.22. The Bertz CT molecular complexity index is 842. The molecule has 4 amide bonds. The Balaban J connectivity index is 1.76. The van der Waals surface area contributed by atoms with E-state index in [-0.39, 0.29) is 39.0 Å². The van der Waals surface area contributed by atoms with Gasteiger partial charge in [-0.25, -0.2) is 14.4 Å². The number of carbonyl (C=O) groups excluding carboxylic acids is 5. The lowest BCUT2D eigenvalue weighted by Gasteiger charge is -2.20. The second-order valence-electron chi connectivity index (χ2n) is 7.06. The highest BCUT2D eigenvalue weighted by atomic mass is 16.7. The van der Waals surface area contributed by atoms with E-state index in [1.807, 2.05) is 30.3 Å². The van der Waals surface area contributed by atoms with Crippen molar-refractivity contribution in [2.45, 2.75) is 44.8 Å². The van der Waals surface area contributed by atoms with E-state index < -0.39 is 36.0 Å². The summed E-state index contributed by atoms with van der Waals surface area (Å²) in [7, 11) is 0. The van der Waals surface area contributed by atoms with E-state index in [2.05, 4.69) is 17.2 Å². The van der Waals surface area contributed by atoms with E-state index in [4.69, 9.17) is 14.3 Å². The second kappa shape index (κ2) is 13.5. The number of carbonyl (C=O) groups is 5. The summed E-state index contributed by atoms with van der Waals surface area (Å²) in [4.78, 5) is 64.3. The number of amides is 4. The van der Waals surface area contributed by atoms with Gasteiger partial charge in [0.15, 0.2) is 0 Å². The van der Waals surface area contributed by atoms with Crippen LogP contribution in [-0.4, -0.2) is 54.2 Å². The van der Waals surface area contributed by atoms with Crippen molar-refractivity contribution >= 4 is 30.0 Å². The minimum atomic E-state index is -1.16. The van der Waals surface area contributed by atoms with Crippen LogP contribution in [0.15, 0.2) is 43.0 Å². The van der Waals surface area contributed by atoms with Crippen molar-refractivity contribution in [1.82, 2.24) is 15.7 Å². The molecule has 2 N–H and O–H groups in total. The average Bonchev–Trinajstić information content (AvgIpc) is 3.13. The molecular weight excluding hydrogens is 434 g/mol. The van der Waals surface area contributed by atoms with Crippen LogP contribution in [0, 0.1) is 0 Å². The number of benzene rings is 1. The van der Waals surface area contributed by atoms with Crippen LogP contribution in [0.4, 0.5) is 9.59 Å². The monoisotopic (exact) mass is 461 g/mol. The number of hydroxylamine groups is 2. The second-order valence-corrected chi connectivity index (χ2v) is 7.06. The fraction of sp³-hybridized carbons (Fsp3) is 0.409. The summed E-state index contributed by atoms with van der Waals surface area (Å²) in [6.45, 7) is 3.78. The van der Waals surface area contributed by atoms with E-state index in [1.165, 1.54) is 6.08 Å². The van der Waals surface area contributed by atoms with Crippen LogP contribution in [-0.2, 0) is 35.3 Å². The maximum atomic E-state index is 12.4. The van der Waals surface area contributed by atoms with E-state index >= 15 is 0 Å². The fourth-order valence-corrected chi connectivity index (χ4v) is 2.82. The van der Waals surface area contributed by atoms with Crippen molar-refractivity contribution in [3.05, 3.63) is 48.6 Å². The van der Waals surface area contributed by atoms with Gasteiger partial charge in [0.05, 0.1) is 0 Å². The van der Waals surface area contributed by atoms with Crippen molar-refractivity contribution < 1.29 is 38.3 Å². The Kier molecular flexibility index (Phi) is 10.4. The summed E-state index contributed by atoms with van der Waals surface area (Å²) in [5.41, 5.74) is 0.860. The molecule has 0 bridgehead atoms. The molecule has 33 heavy (non-hydrogen) atoms. The van der Waals surface area contributed by atoms with Gasteiger partial charge in [0, 0.05) is 19.4 Å². The van der Waals surface area contributed by atoms with Crippen molar-refractivity contribution in [3.63, 3.8) is 0 Å². The molecule has 1 aromatic rings. The number of nitrogens with one attached hydrogen (secondary N) is 2. The lowest BCUT2D eigenvalue weighted by molar-refractivity contribution is -0.199. The predicted octanol–water partition coefficient (Wildman–Crippen LogP) is 1.97. The van der Waals surface area contributed by atoms with Gasteiger partial charge in [0.1, 0.15) is 19.3 Å². The maximum Gasteiger partial charge on any atom is 0.408 e. The molecule has 0 aliphatic carbocycles. The number of hydrogen-bond acceptors (Lipinski definition) is 8. The van der Waals surface area contributed by atoms with Crippen LogP contribution in [0.25, 0.3) is 0 Å². The van der Waals surface area contributed by atoms with Crippen LogP contribution in [0.5, 0.6) is 0 Å². The summed E-state index contributed by atoms with van der Waals surface area (Å²) >= 11 is 0. The number of rotatable bonds is 12. The Morgan fingerprint density at radius 2 is 1.73 bits per heavy atom. The summed E-state index contributed by atoms with van der Waals surface area (Å²) in [5, 5.41) is 5.36. The minimum absolute atomic E-state index is 0.0440. The number of unbranched alkanes of at least 4 members (excludes halogenated alkanes) is 1. The van der Waals surface area contributed by atoms with Gasteiger partial charge >= 0.3 is 18.2 Å². The first-order valence-corrected chi connectivity index (χ1v) is 10.5. The van der Waals surface area contributed by atoms with Crippen molar-refractivity contribution in [1.29, 1.82) is 0 Å². The standard InChI is InChI=1S/C22H27N3O8/c1-2-14-31-22(30)24-17(20(28)33-25-18(26)11-12-19(25)27)10-6-7-13-23-21(29)32-15-16-8-4-3-5-9-16/h2-5,8-9,17H,1,6-7,10-15H2,(H,23,29)(H,24,30)/t17-/m0/s1. The van der Waals surface area contributed by atoms with Crippen LogP contribution in [0.2, 0.25) is 0 Å². The third kappa shape index (κ3) is 9.01. The fourth-order valence-electron chi connectivity index (χ4n) is 2.82. The van der Waals surface area contributed by atoms with Gasteiger partial charge in [0.2, 0.25) is 0 Å². The third-order valence-electron chi connectivity index (χ3n) is 4.50. The van der Waals surface area contributed by atoms with Crippen LogP contribution in [0.3, 0.4) is 0 Å². The molecule has 0 aromatic heterocycles. The van der Waals surface area contributed by atoms with Gasteiger partial charge in [-0.2, -0.15) is 0 Å².